The minimum Gasteiger partial charge on any atom is -0.354 e. The zero-order chi connectivity index (χ0) is 23.0. The van der Waals surface area contributed by atoms with E-state index in [4.69, 9.17) is 11.6 Å². The molecule has 1 heterocycles. The first-order chi connectivity index (χ1) is 15.9. The summed E-state index contributed by atoms with van der Waals surface area (Å²) >= 11 is 6.73. The lowest BCUT2D eigenvalue weighted by Crippen LogP contribution is -2.38. The number of rotatable bonds is 5. The molecule has 5 rings (SSSR count). The van der Waals surface area contributed by atoms with Crippen LogP contribution in [0.1, 0.15) is 62.1 Å². The van der Waals surface area contributed by atoms with Gasteiger partial charge in [0.2, 0.25) is 5.82 Å². The molecular formula is C26H30ClN5O. The minimum atomic E-state index is -0.332. The molecule has 172 valence electrons. The van der Waals surface area contributed by atoms with E-state index in [1.165, 1.54) is 44.0 Å². The molecule has 2 aromatic carbocycles. The van der Waals surface area contributed by atoms with Gasteiger partial charge in [0, 0.05) is 11.4 Å². The van der Waals surface area contributed by atoms with Crippen LogP contribution in [0.5, 0.6) is 0 Å². The molecule has 0 radical (unpaired) electrons. The van der Waals surface area contributed by atoms with E-state index in [0.717, 1.165) is 34.2 Å². The number of hydrogen-bond donors (Lipinski definition) is 3. The number of anilines is 3. The molecule has 3 N–H and O–H groups in total. The van der Waals surface area contributed by atoms with Gasteiger partial charge in [-0.15, -0.1) is 0 Å². The van der Waals surface area contributed by atoms with Gasteiger partial charge in [-0.25, -0.2) is 4.98 Å². The lowest BCUT2D eigenvalue weighted by molar-refractivity contribution is 0.0899. The van der Waals surface area contributed by atoms with Crippen molar-refractivity contribution in [3.8, 4) is 0 Å². The third-order valence-corrected chi connectivity index (χ3v) is 7.65. The third-order valence-electron chi connectivity index (χ3n) is 7.33. The molecule has 0 aliphatic heterocycles. The van der Waals surface area contributed by atoms with Gasteiger partial charge in [-0.1, -0.05) is 31.5 Å². The maximum absolute atomic E-state index is 12.1. The number of nitrogens with zero attached hydrogens (tertiary/aromatic N) is 2. The van der Waals surface area contributed by atoms with Crippen LogP contribution in [0.15, 0.2) is 48.8 Å². The first-order valence-corrected chi connectivity index (χ1v) is 12.1. The Hall–Kier alpha value is -2.86. The largest absolute Gasteiger partial charge is 0.354 e. The second-order valence-electron chi connectivity index (χ2n) is 10.2. The Balaban J connectivity index is 1.26. The Morgan fingerprint density at radius 1 is 1.06 bits per heavy atom. The van der Waals surface area contributed by atoms with Crippen molar-refractivity contribution in [2.45, 2.75) is 51.4 Å². The average Bonchev–Trinajstić information content (AvgIpc) is 3.30. The summed E-state index contributed by atoms with van der Waals surface area (Å²) in [5.41, 5.74) is 4.02. The van der Waals surface area contributed by atoms with Gasteiger partial charge < -0.3 is 10.6 Å². The monoisotopic (exact) mass is 463 g/mol. The van der Waals surface area contributed by atoms with Crippen molar-refractivity contribution in [3.05, 3.63) is 65.2 Å². The van der Waals surface area contributed by atoms with Crippen LogP contribution in [0.25, 0.3) is 0 Å². The summed E-state index contributed by atoms with van der Waals surface area (Å²) in [5, 5.41) is 13.2. The molecule has 2 unspecified atom stereocenters. The molecule has 33 heavy (non-hydrogen) atoms. The van der Waals surface area contributed by atoms with Gasteiger partial charge in [0.05, 0.1) is 10.7 Å². The average molecular weight is 464 g/mol. The SMILES string of the molecule is CC1CC2CC(C1)CC(C)(c1ccc(Nc3ccc(NC(=O)c4ncn[nH]4)cc3)c(Cl)c1)C2. The molecule has 2 aliphatic carbocycles. The number of H-pyrrole nitrogens is 1. The van der Waals surface area contributed by atoms with Crippen LogP contribution in [0.3, 0.4) is 0 Å². The van der Waals surface area contributed by atoms with Crippen molar-refractivity contribution in [1.82, 2.24) is 15.2 Å². The summed E-state index contributed by atoms with van der Waals surface area (Å²) in [5.74, 6) is 2.40. The number of benzene rings is 2. The Kier molecular flexibility index (Phi) is 5.87. The van der Waals surface area contributed by atoms with Crippen LogP contribution >= 0.6 is 11.6 Å². The smallest absolute Gasteiger partial charge is 0.292 e. The molecule has 2 bridgehead atoms. The van der Waals surface area contributed by atoms with E-state index in [2.05, 4.69) is 57.9 Å². The zero-order valence-electron chi connectivity index (χ0n) is 19.1. The highest BCUT2D eigenvalue weighted by molar-refractivity contribution is 6.33. The highest BCUT2D eigenvalue weighted by atomic mass is 35.5. The summed E-state index contributed by atoms with van der Waals surface area (Å²) in [6.07, 6.45) is 7.97. The van der Waals surface area contributed by atoms with E-state index >= 15 is 0 Å². The lowest BCUT2D eigenvalue weighted by atomic mass is 9.57. The summed E-state index contributed by atoms with van der Waals surface area (Å²) in [4.78, 5) is 15.9. The van der Waals surface area contributed by atoms with E-state index in [1.807, 2.05) is 24.3 Å². The number of nitrogens with one attached hydrogen (secondary N) is 3. The Labute approximate surface area is 199 Å². The Bertz CT molecular complexity index is 1110. The highest BCUT2D eigenvalue weighted by Gasteiger charge is 2.41. The van der Waals surface area contributed by atoms with Crippen molar-refractivity contribution in [3.63, 3.8) is 0 Å². The van der Waals surface area contributed by atoms with Gasteiger partial charge in [0.15, 0.2) is 0 Å². The van der Waals surface area contributed by atoms with Crippen molar-refractivity contribution < 1.29 is 4.79 Å². The van der Waals surface area contributed by atoms with Crippen molar-refractivity contribution >= 4 is 34.6 Å². The second-order valence-corrected chi connectivity index (χ2v) is 10.6. The number of carbonyl (C=O) groups is 1. The number of amides is 1. The van der Waals surface area contributed by atoms with Crippen LogP contribution in [-0.2, 0) is 5.41 Å². The lowest BCUT2D eigenvalue weighted by Gasteiger charge is -2.47. The Morgan fingerprint density at radius 2 is 1.76 bits per heavy atom. The fourth-order valence-electron chi connectivity index (χ4n) is 6.11. The molecule has 6 nitrogen and oxygen atoms in total. The molecular weight excluding hydrogens is 434 g/mol. The molecule has 7 heteroatoms. The van der Waals surface area contributed by atoms with E-state index < -0.39 is 0 Å². The topological polar surface area (TPSA) is 82.7 Å². The van der Waals surface area contributed by atoms with Gasteiger partial charge in [-0.3, -0.25) is 9.89 Å². The van der Waals surface area contributed by atoms with Gasteiger partial charge in [-0.05, 0) is 97.2 Å². The highest BCUT2D eigenvalue weighted by Crippen LogP contribution is 2.51. The molecule has 2 fully saturated rings. The number of hydrogen-bond acceptors (Lipinski definition) is 4. The van der Waals surface area contributed by atoms with E-state index in [1.54, 1.807) is 0 Å². The van der Waals surface area contributed by atoms with Gasteiger partial charge in [0.1, 0.15) is 6.33 Å². The quantitative estimate of drug-likeness (QED) is 0.400. The third kappa shape index (κ3) is 4.76. The summed E-state index contributed by atoms with van der Waals surface area (Å²) in [7, 11) is 0. The number of aromatic nitrogens is 3. The number of aromatic amines is 1. The van der Waals surface area contributed by atoms with E-state index in [0.29, 0.717) is 5.69 Å². The maximum Gasteiger partial charge on any atom is 0.292 e. The summed E-state index contributed by atoms with van der Waals surface area (Å²) in [6, 6.07) is 14.0. The fourth-order valence-corrected chi connectivity index (χ4v) is 6.34. The second kappa shape index (κ2) is 8.82. The Morgan fingerprint density at radius 3 is 2.39 bits per heavy atom. The van der Waals surface area contributed by atoms with E-state index in [-0.39, 0.29) is 17.1 Å². The summed E-state index contributed by atoms with van der Waals surface area (Å²) in [6.45, 7) is 4.84. The molecule has 0 spiro atoms. The van der Waals surface area contributed by atoms with Crippen molar-refractivity contribution in [2.75, 3.05) is 10.6 Å². The van der Waals surface area contributed by atoms with Crippen molar-refractivity contribution in [2.24, 2.45) is 17.8 Å². The van der Waals surface area contributed by atoms with Crippen molar-refractivity contribution in [1.29, 1.82) is 0 Å². The molecule has 3 aromatic rings. The standard InChI is InChI=1S/C26H30ClN5O/c1-16-9-17-11-18(10-16)14-26(2,13-17)19-3-8-23(22(27)12-19)30-20-4-6-21(7-5-20)31-25(33)24-28-15-29-32-24/h3-8,12,15-18,30H,9-11,13-14H2,1-2H3,(H,31,33)(H,28,29,32). The molecule has 1 amide bonds. The fraction of sp³-hybridized carbons (Fsp3) is 0.423. The van der Waals surface area contributed by atoms with Crippen LogP contribution in [0.2, 0.25) is 5.02 Å². The van der Waals surface area contributed by atoms with Gasteiger partial charge in [0.25, 0.3) is 5.91 Å². The van der Waals surface area contributed by atoms with Gasteiger partial charge in [-0.2, -0.15) is 5.10 Å². The van der Waals surface area contributed by atoms with E-state index in [9.17, 15) is 4.79 Å². The maximum atomic E-state index is 12.1. The molecule has 2 aliphatic rings. The first-order valence-electron chi connectivity index (χ1n) is 11.7. The minimum absolute atomic E-state index is 0.175. The molecule has 1 aromatic heterocycles. The zero-order valence-corrected chi connectivity index (χ0v) is 19.8. The normalized spacial score (nSPS) is 26.6. The molecule has 2 atom stereocenters. The van der Waals surface area contributed by atoms with Gasteiger partial charge >= 0.3 is 0 Å². The van der Waals surface area contributed by atoms with Crippen LogP contribution in [0, 0.1) is 17.8 Å². The van der Waals surface area contributed by atoms with Crippen LogP contribution in [0.4, 0.5) is 17.1 Å². The van der Waals surface area contributed by atoms with Crippen LogP contribution < -0.4 is 10.6 Å². The number of carbonyl (C=O) groups excluding carboxylic acids is 1. The predicted octanol–water partition coefficient (Wildman–Crippen LogP) is 6.56. The summed E-state index contributed by atoms with van der Waals surface area (Å²) < 4.78 is 0. The first kappa shape index (κ1) is 22.0. The predicted molar refractivity (Wildman–Crippen MR) is 132 cm³/mol. The number of halogens is 1. The number of fused-ring (bicyclic) bond motifs is 2. The van der Waals surface area contributed by atoms with Crippen LogP contribution in [-0.4, -0.2) is 21.1 Å². The molecule has 0 saturated heterocycles. The molecule has 2 saturated carbocycles.